The number of carbonyl (C=O) groups excluding carboxylic acids is 2. The van der Waals surface area contributed by atoms with Crippen LogP contribution in [0.1, 0.15) is 17.3 Å². The van der Waals surface area contributed by atoms with Gasteiger partial charge in [0.25, 0.3) is 11.8 Å². The third-order valence-electron chi connectivity index (χ3n) is 3.59. The van der Waals surface area contributed by atoms with Crippen LogP contribution in [0.4, 0.5) is 5.69 Å². The van der Waals surface area contributed by atoms with Crippen molar-refractivity contribution in [2.75, 3.05) is 17.2 Å². The summed E-state index contributed by atoms with van der Waals surface area (Å²) < 4.78 is 0. The summed E-state index contributed by atoms with van der Waals surface area (Å²) >= 11 is 1.58. The molecule has 118 valence electrons. The summed E-state index contributed by atoms with van der Waals surface area (Å²) in [6.45, 7) is 2.53. The van der Waals surface area contributed by atoms with E-state index in [0.29, 0.717) is 12.1 Å². The van der Waals surface area contributed by atoms with Crippen LogP contribution in [-0.4, -0.2) is 35.1 Å². The van der Waals surface area contributed by atoms with Crippen LogP contribution in [0.2, 0.25) is 0 Å². The molecule has 5 nitrogen and oxygen atoms in total. The maximum atomic E-state index is 12.3. The van der Waals surface area contributed by atoms with Gasteiger partial charge in [0.1, 0.15) is 6.04 Å². The van der Waals surface area contributed by atoms with Crippen LogP contribution in [0.15, 0.2) is 53.7 Å². The first-order chi connectivity index (χ1) is 11.2. The number of para-hydroxylation sites is 1. The normalized spacial score (nSPS) is 16.8. The smallest absolute Gasteiger partial charge is 0.252 e. The lowest BCUT2D eigenvalue weighted by atomic mass is 10.1. The second-order valence-electron chi connectivity index (χ2n) is 5.13. The highest BCUT2D eigenvalue weighted by Crippen LogP contribution is 2.22. The lowest BCUT2D eigenvalue weighted by molar-refractivity contribution is -0.124. The molecule has 1 atom stereocenters. The zero-order valence-corrected chi connectivity index (χ0v) is 13.5. The molecule has 0 aliphatic carbocycles. The minimum Gasteiger partial charge on any atom is -0.339 e. The molecule has 2 heterocycles. The van der Waals surface area contributed by atoms with Crippen molar-refractivity contribution in [2.24, 2.45) is 0 Å². The number of amides is 2. The minimum absolute atomic E-state index is 0.0817. The third-order valence-corrected chi connectivity index (χ3v) is 4.40. The van der Waals surface area contributed by atoms with E-state index in [9.17, 15) is 9.59 Å². The number of β-lactam (4-membered cyclic amide) rings is 1. The fourth-order valence-electron chi connectivity index (χ4n) is 2.39. The Balaban J connectivity index is 1.62. The predicted octanol–water partition coefficient (Wildman–Crippen LogP) is 2.34. The monoisotopic (exact) mass is 327 g/mol. The highest BCUT2D eigenvalue weighted by molar-refractivity contribution is 7.99. The third kappa shape index (κ3) is 3.37. The maximum Gasteiger partial charge on any atom is 0.252 e. The Kier molecular flexibility index (Phi) is 4.62. The molecule has 1 aromatic heterocycles. The summed E-state index contributed by atoms with van der Waals surface area (Å²) in [5.41, 5.74) is 1.38. The Labute approximate surface area is 139 Å². The van der Waals surface area contributed by atoms with Crippen molar-refractivity contribution in [1.82, 2.24) is 10.3 Å². The topological polar surface area (TPSA) is 62.3 Å². The van der Waals surface area contributed by atoms with Gasteiger partial charge in [-0.1, -0.05) is 25.1 Å². The standard InChI is InChI=1S/C17H17N3O2S/c1-2-23-15-10-12(8-9-18-15)16(21)19-14-11-20(17(14)22)13-6-4-3-5-7-13/h3-10,14H,2,11H2,1H3,(H,19,21). The quantitative estimate of drug-likeness (QED) is 0.676. The summed E-state index contributed by atoms with van der Waals surface area (Å²) in [7, 11) is 0. The average Bonchev–Trinajstić information content (AvgIpc) is 2.59. The summed E-state index contributed by atoms with van der Waals surface area (Å²) in [6, 6.07) is 12.4. The van der Waals surface area contributed by atoms with E-state index in [-0.39, 0.29) is 11.8 Å². The van der Waals surface area contributed by atoms with Crippen molar-refractivity contribution in [3.05, 3.63) is 54.2 Å². The highest BCUT2D eigenvalue weighted by Gasteiger charge is 2.38. The van der Waals surface area contributed by atoms with Crippen molar-refractivity contribution in [3.8, 4) is 0 Å². The largest absolute Gasteiger partial charge is 0.339 e. The van der Waals surface area contributed by atoms with Crippen LogP contribution in [0.5, 0.6) is 0 Å². The van der Waals surface area contributed by atoms with E-state index in [4.69, 9.17) is 0 Å². The molecule has 1 aliphatic heterocycles. The molecule has 1 fully saturated rings. The van der Waals surface area contributed by atoms with Crippen LogP contribution in [0.3, 0.4) is 0 Å². The molecule has 1 N–H and O–H groups in total. The highest BCUT2D eigenvalue weighted by atomic mass is 32.2. The fraction of sp³-hybridized carbons (Fsp3) is 0.235. The molecule has 1 unspecified atom stereocenters. The van der Waals surface area contributed by atoms with Crippen molar-refractivity contribution in [3.63, 3.8) is 0 Å². The number of aromatic nitrogens is 1. The Morgan fingerprint density at radius 2 is 2.13 bits per heavy atom. The first-order valence-corrected chi connectivity index (χ1v) is 8.43. The SMILES string of the molecule is CCSc1cc(C(=O)NC2CN(c3ccccc3)C2=O)ccn1. The van der Waals surface area contributed by atoms with Gasteiger partial charge in [0.2, 0.25) is 0 Å². The molecule has 0 radical (unpaired) electrons. The van der Waals surface area contributed by atoms with E-state index in [2.05, 4.69) is 10.3 Å². The number of thioether (sulfide) groups is 1. The Morgan fingerprint density at radius 1 is 1.35 bits per heavy atom. The number of hydrogen-bond acceptors (Lipinski definition) is 4. The number of carbonyl (C=O) groups is 2. The zero-order chi connectivity index (χ0) is 16.2. The molecular formula is C17H17N3O2S. The Hall–Kier alpha value is -2.34. The van der Waals surface area contributed by atoms with Gasteiger partial charge in [0, 0.05) is 17.4 Å². The van der Waals surface area contributed by atoms with Gasteiger partial charge >= 0.3 is 0 Å². The zero-order valence-electron chi connectivity index (χ0n) is 12.7. The lowest BCUT2D eigenvalue weighted by Gasteiger charge is -2.38. The fourth-order valence-corrected chi connectivity index (χ4v) is 3.03. The molecule has 0 spiro atoms. The van der Waals surface area contributed by atoms with Crippen molar-refractivity contribution in [1.29, 1.82) is 0 Å². The molecule has 6 heteroatoms. The maximum absolute atomic E-state index is 12.3. The van der Waals surface area contributed by atoms with E-state index in [0.717, 1.165) is 16.5 Å². The lowest BCUT2D eigenvalue weighted by Crippen LogP contribution is -2.64. The van der Waals surface area contributed by atoms with Crippen molar-refractivity contribution >= 4 is 29.3 Å². The first kappa shape index (κ1) is 15.6. The van der Waals surface area contributed by atoms with Crippen LogP contribution >= 0.6 is 11.8 Å². The summed E-state index contributed by atoms with van der Waals surface area (Å²) in [6.07, 6.45) is 1.62. The Morgan fingerprint density at radius 3 is 2.83 bits per heavy atom. The van der Waals surface area contributed by atoms with Gasteiger partial charge in [0.15, 0.2) is 0 Å². The van der Waals surface area contributed by atoms with Gasteiger partial charge in [-0.3, -0.25) is 9.59 Å². The first-order valence-electron chi connectivity index (χ1n) is 7.45. The number of nitrogens with zero attached hydrogens (tertiary/aromatic N) is 2. The number of benzene rings is 1. The second kappa shape index (κ2) is 6.83. The molecule has 1 aliphatic rings. The molecular weight excluding hydrogens is 310 g/mol. The molecule has 23 heavy (non-hydrogen) atoms. The van der Waals surface area contributed by atoms with Gasteiger partial charge in [-0.05, 0) is 30.0 Å². The second-order valence-corrected chi connectivity index (χ2v) is 6.41. The van der Waals surface area contributed by atoms with Crippen LogP contribution < -0.4 is 10.2 Å². The molecule has 2 amide bonds. The number of anilines is 1. The Bertz CT molecular complexity index is 721. The van der Waals surface area contributed by atoms with Crippen LogP contribution in [-0.2, 0) is 4.79 Å². The summed E-state index contributed by atoms with van der Waals surface area (Å²) in [5.74, 6) is 0.573. The molecule has 2 aromatic rings. The van der Waals surface area contributed by atoms with E-state index in [1.807, 2.05) is 37.3 Å². The van der Waals surface area contributed by atoms with E-state index in [1.54, 1.807) is 35.0 Å². The van der Waals surface area contributed by atoms with Crippen LogP contribution in [0, 0.1) is 0 Å². The van der Waals surface area contributed by atoms with Crippen molar-refractivity contribution in [2.45, 2.75) is 18.0 Å². The number of nitrogens with one attached hydrogen (secondary N) is 1. The van der Waals surface area contributed by atoms with Gasteiger partial charge < -0.3 is 10.2 Å². The van der Waals surface area contributed by atoms with Gasteiger partial charge in [0.05, 0.1) is 11.6 Å². The number of hydrogen-bond donors (Lipinski definition) is 1. The van der Waals surface area contributed by atoms with Gasteiger partial charge in [-0.15, -0.1) is 11.8 Å². The number of rotatable bonds is 5. The molecule has 3 rings (SSSR count). The van der Waals surface area contributed by atoms with Crippen molar-refractivity contribution < 1.29 is 9.59 Å². The van der Waals surface area contributed by atoms with Gasteiger partial charge in [-0.25, -0.2) is 4.98 Å². The molecule has 0 bridgehead atoms. The number of pyridine rings is 1. The minimum atomic E-state index is -0.460. The van der Waals surface area contributed by atoms with Gasteiger partial charge in [-0.2, -0.15) is 0 Å². The van der Waals surface area contributed by atoms with E-state index < -0.39 is 6.04 Å². The predicted molar refractivity (Wildman–Crippen MR) is 90.7 cm³/mol. The average molecular weight is 327 g/mol. The molecule has 1 aromatic carbocycles. The van der Waals surface area contributed by atoms with E-state index in [1.165, 1.54) is 0 Å². The molecule has 0 saturated carbocycles. The molecule has 1 saturated heterocycles. The summed E-state index contributed by atoms with van der Waals surface area (Å²) in [4.78, 5) is 30.3. The van der Waals surface area contributed by atoms with Crippen LogP contribution in [0.25, 0.3) is 0 Å². The van der Waals surface area contributed by atoms with E-state index >= 15 is 0 Å². The summed E-state index contributed by atoms with van der Waals surface area (Å²) in [5, 5.41) is 3.60.